The van der Waals surface area contributed by atoms with Gasteiger partial charge in [-0.1, -0.05) is 129 Å². The van der Waals surface area contributed by atoms with Crippen molar-refractivity contribution in [2.45, 2.75) is 31.7 Å². The predicted octanol–water partition coefficient (Wildman–Crippen LogP) is 16.5. The first-order chi connectivity index (χ1) is 35.0. The lowest BCUT2D eigenvalue weighted by atomic mass is 9.82. The molecule has 11 aromatic rings. The number of nitrogens with zero attached hydrogens (tertiary/aromatic N) is 6. The Hall–Kier alpha value is -9.00. The molecule has 71 heavy (non-hydrogen) atoms. The van der Waals surface area contributed by atoms with Crippen molar-refractivity contribution in [3.8, 4) is 45.3 Å². The Balaban J connectivity index is 0.853. The Morgan fingerprint density at radius 3 is 1.42 bits per heavy atom. The molecule has 0 bridgehead atoms. The van der Waals surface area contributed by atoms with Gasteiger partial charge in [-0.2, -0.15) is 0 Å². The van der Waals surface area contributed by atoms with Crippen molar-refractivity contribution in [3.63, 3.8) is 0 Å². The molecule has 9 aromatic carbocycles. The summed E-state index contributed by atoms with van der Waals surface area (Å²) >= 11 is 0. The lowest BCUT2D eigenvalue weighted by Gasteiger charge is -2.34. The zero-order valence-corrected chi connectivity index (χ0v) is 39.6. The van der Waals surface area contributed by atoms with Gasteiger partial charge in [-0.3, -0.25) is 9.13 Å². The van der Waals surface area contributed by atoms with Gasteiger partial charge in [0.1, 0.15) is 11.6 Å². The molecule has 2 aliphatic rings. The van der Waals surface area contributed by atoms with Crippen molar-refractivity contribution >= 4 is 50.5 Å². The fourth-order valence-electron chi connectivity index (χ4n) is 11.0. The summed E-state index contributed by atoms with van der Waals surface area (Å²) in [4.78, 5) is 15.2. The number of benzene rings is 9. The summed E-state index contributed by atoms with van der Waals surface area (Å²) in [5, 5.41) is 0. The molecule has 0 radical (unpaired) electrons. The third-order valence-electron chi connectivity index (χ3n) is 14.4. The molecule has 2 heterocycles. The molecule has 0 saturated heterocycles. The number of aromatic nitrogens is 4. The van der Waals surface area contributed by atoms with Crippen molar-refractivity contribution in [2.24, 2.45) is 0 Å². The maximum atomic E-state index is 5.17. The van der Waals surface area contributed by atoms with Gasteiger partial charge in [-0.05, 0) is 162 Å². The van der Waals surface area contributed by atoms with Crippen LogP contribution in [0.25, 0.3) is 67.3 Å². The molecule has 1 atom stereocenters. The van der Waals surface area contributed by atoms with Crippen LogP contribution in [-0.2, 0) is 5.41 Å². The van der Waals surface area contributed by atoms with Crippen LogP contribution < -0.4 is 9.80 Å². The largest absolute Gasteiger partial charge is 0.334 e. The van der Waals surface area contributed by atoms with E-state index in [4.69, 9.17) is 9.97 Å². The van der Waals surface area contributed by atoms with Crippen LogP contribution in [0, 0.1) is 0 Å². The van der Waals surface area contributed by atoms with E-state index in [2.05, 4.69) is 282 Å². The van der Waals surface area contributed by atoms with Crippen LogP contribution in [0.2, 0.25) is 0 Å². The molecule has 6 heteroatoms. The summed E-state index contributed by atoms with van der Waals surface area (Å²) in [6, 6.07) is 80.6. The van der Waals surface area contributed by atoms with Crippen LogP contribution in [0.3, 0.4) is 0 Å². The summed E-state index contributed by atoms with van der Waals surface area (Å²) in [6.07, 6.45) is 9.85. The number of para-hydroxylation sites is 7. The van der Waals surface area contributed by atoms with Crippen LogP contribution in [0.5, 0.6) is 0 Å². The second-order valence-corrected chi connectivity index (χ2v) is 19.0. The summed E-state index contributed by atoms with van der Waals surface area (Å²) in [5.74, 6) is 1.84. The first kappa shape index (κ1) is 42.1. The molecule has 2 aliphatic carbocycles. The Morgan fingerprint density at radius 1 is 0.437 bits per heavy atom. The standard InChI is InChI=1S/C65H50N6/c1-65(2)57-43-53(68(47-19-7-3-8-20-47)51-35-31-45(32-36-51)63-66-59-27-15-17-29-61(59)70(63)49-23-11-5-12-24-49)39-41-55(57)56-42-40-54(44-58(56)65)69(48-21-9-4-10-22-48)52-37-33-46(34-38-52)64-67-60-28-16-18-30-62(60)71(64)50-25-13-6-14-26-50/h3-21,23-44,48H,22H2,1-2H3. The third-order valence-corrected chi connectivity index (χ3v) is 14.4. The molecule has 1 unspecified atom stereocenters. The van der Waals surface area contributed by atoms with Crippen molar-refractivity contribution in [1.82, 2.24) is 19.1 Å². The number of rotatable bonds is 10. The van der Waals surface area contributed by atoms with Gasteiger partial charge < -0.3 is 9.80 Å². The fraction of sp³-hybridized carbons (Fsp3) is 0.0769. The number of fused-ring (bicyclic) bond motifs is 5. The molecular weight excluding hydrogens is 865 g/mol. The Morgan fingerprint density at radius 2 is 0.887 bits per heavy atom. The highest BCUT2D eigenvalue weighted by Gasteiger charge is 2.37. The quantitative estimate of drug-likeness (QED) is 0.137. The van der Waals surface area contributed by atoms with E-state index < -0.39 is 0 Å². The molecule has 0 amide bonds. The van der Waals surface area contributed by atoms with Gasteiger partial charge in [0.2, 0.25) is 0 Å². The summed E-state index contributed by atoms with van der Waals surface area (Å²) < 4.78 is 4.53. The first-order valence-electron chi connectivity index (χ1n) is 24.5. The normalized spacial score (nSPS) is 14.4. The van der Waals surface area contributed by atoms with E-state index in [1.807, 2.05) is 0 Å². The smallest absolute Gasteiger partial charge is 0.145 e. The summed E-state index contributed by atoms with van der Waals surface area (Å²) in [6.45, 7) is 4.76. The molecule has 0 saturated carbocycles. The van der Waals surface area contributed by atoms with Gasteiger partial charge in [0.25, 0.3) is 0 Å². The monoisotopic (exact) mass is 914 g/mol. The molecular formula is C65H50N6. The van der Waals surface area contributed by atoms with Gasteiger partial charge in [0.05, 0.1) is 28.1 Å². The van der Waals surface area contributed by atoms with Gasteiger partial charge in [0.15, 0.2) is 0 Å². The van der Waals surface area contributed by atoms with E-state index in [1.165, 1.54) is 27.9 Å². The van der Waals surface area contributed by atoms with E-state index in [0.29, 0.717) is 0 Å². The van der Waals surface area contributed by atoms with Gasteiger partial charge in [-0.15, -0.1) is 0 Å². The van der Waals surface area contributed by atoms with Crippen LogP contribution in [-0.4, -0.2) is 25.1 Å². The molecule has 13 rings (SSSR count). The summed E-state index contributed by atoms with van der Waals surface area (Å²) in [5.41, 5.74) is 18.9. The Labute approximate surface area is 414 Å². The number of imidazole rings is 2. The van der Waals surface area contributed by atoms with E-state index in [-0.39, 0.29) is 11.5 Å². The van der Waals surface area contributed by atoms with E-state index >= 15 is 0 Å². The summed E-state index contributed by atoms with van der Waals surface area (Å²) in [7, 11) is 0. The highest BCUT2D eigenvalue weighted by molar-refractivity contribution is 5.89. The topological polar surface area (TPSA) is 42.1 Å². The van der Waals surface area contributed by atoms with E-state index in [0.717, 1.165) is 85.4 Å². The molecule has 0 aliphatic heterocycles. The van der Waals surface area contributed by atoms with Crippen LogP contribution in [0.15, 0.2) is 249 Å². The zero-order chi connectivity index (χ0) is 47.5. The maximum Gasteiger partial charge on any atom is 0.145 e. The second kappa shape index (κ2) is 17.2. The lowest BCUT2D eigenvalue weighted by Crippen LogP contribution is -2.30. The van der Waals surface area contributed by atoms with Crippen LogP contribution >= 0.6 is 0 Å². The molecule has 0 spiro atoms. The zero-order valence-electron chi connectivity index (χ0n) is 39.6. The molecule has 0 N–H and O–H groups in total. The Kier molecular flexibility index (Phi) is 10.2. The van der Waals surface area contributed by atoms with Gasteiger partial charge in [-0.25, -0.2) is 9.97 Å². The number of hydrogen-bond donors (Lipinski definition) is 0. The van der Waals surface area contributed by atoms with Crippen LogP contribution in [0.4, 0.5) is 28.4 Å². The number of hydrogen-bond acceptors (Lipinski definition) is 4. The first-order valence-corrected chi connectivity index (χ1v) is 24.5. The Bertz CT molecular complexity index is 3810. The minimum Gasteiger partial charge on any atom is -0.334 e. The minimum atomic E-state index is -0.270. The van der Waals surface area contributed by atoms with Crippen molar-refractivity contribution < 1.29 is 0 Å². The highest BCUT2D eigenvalue weighted by Crippen LogP contribution is 2.52. The second-order valence-electron chi connectivity index (χ2n) is 19.0. The van der Waals surface area contributed by atoms with Gasteiger partial charge in [0, 0.05) is 56.4 Å². The average molecular weight is 915 g/mol. The predicted molar refractivity (Wildman–Crippen MR) is 294 cm³/mol. The SMILES string of the molecule is CC1(C)c2cc(N(c3ccccc3)c3ccc(-c4nc5ccccc5n4-c4ccccc4)cc3)ccc2-c2ccc(N(c3ccc(-c4nc5ccccc5n4-c4ccccc4)cc3)C3C=CC=CC3)cc21. The molecule has 340 valence electrons. The van der Waals surface area contributed by atoms with Crippen molar-refractivity contribution in [1.29, 1.82) is 0 Å². The van der Waals surface area contributed by atoms with Gasteiger partial charge >= 0.3 is 0 Å². The molecule has 2 aromatic heterocycles. The van der Waals surface area contributed by atoms with Crippen LogP contribution in [0.1, 0.15) is 31.4 Å². The maximum absolute atomic E-state index is 5.17. The number of allylic oxidation sites excluding steroid dienone is 2. The highest BCUT2D eigenvalue weighted by atomic mass is 15.2. The third kappa shape index (κ3) is 7.26. The van der Waals surface area contributed by atoms with E-state index in [1.54, 1.807) is 0 Å². The number of anilines is 5. The molecule has 0 fully saturated rings. The average Bonchev–Trinajstić information content (AvgIpc) is 4.08. The lowest BCUT2D eigenvalue weighted by molar-refractivity contribution is 0.659. The van der Waals surface area contributed by atoms with Crippen molar-refractivity contribution in [2.75, 3.05) is 9.80 Å². The fourth-order valence-corrected chi connectivity index (χ4v) is 11.0. The molecule has 6 nitrogen and oxygen atoms in total. The van der Waals surface area contributed by atoms with E-state index in [9.17, 15) is 0 Å². The minimum absolute atomic E-state index is 0.152. The van der Waals surface area contributed by atoms with Crippen molar-refractivity contribution in [3.05, 3.63) is 260 Å².